The lowest BCUT2D eigenvalue weighted by molar-refractivity contribution is 0.0932. The second-order valence-electron chi connectivity index (χ2n) is 5.25. The van der Waals surface area contributed by atoms with Gasteiger partial charge in [0.15, 0.2) is 0 Å². The molecule has 0 saturated carbocycles. The average molecular weight is 269 g/mol. The molecule has 19 heavy (non-hydrogen) atoms. The van der Waals surface area contributed by atoms with Gasteiger partial charge >= 0.3 is 0 Å². The zero-order valence-corrected chi connectivity index (χ0v) is 13.3. The summed E-state index contributed by atoms with van der Waals surface area (Å²) in [6, 6.07) is 2.80. The Morgan fingerprint density at radius 3 is 2.53 bits per heavy atom. The quantitative estimate of drug-likeness (QED) is 0.585. The first-order chi connectivity index (χ1) is 9.02. The Balaban J connectivity index is 4.35. The fourth-order valence-corrected chi connectivity index (χ4v) is 2.29. The van der Waals surface area contributed by atoms with Gasteiger partial charge < -0.3 is 4.74 Å². The smallest absolute Gasteiger partial charge is 0.105 e. The van der Waals surface area contributed by atoms with Crippen LogP contribution < -0.4 is 5.32 Å². The third kappa shape index (κ3) is 7.51. The Labute approximate surface area is 119 Å². The molecule has 0 aliphatic heterocycles. The van der Waals surface area contributed by atoms with Gasteiger partial charge in [0.1, 0.15) is 5.54 Å². The number of rotatable bonds is 11. The van der Waals surface area contributed by atoms with E-state index in [1.807, 2.05) is 13.8 Å². The molecule has 4 nitrogen and oxygen atoms in total. The summed E-state index contributed by atoms with van der Waals surface area (Å²) < 4.78 is 5.42. The van der Waals surface area contributed by atoms with Crippen molar-refractivity contribution in [1.29, 1.82) is 5.26 Å². The van der Waals surface area contributed by atoms with Gasteiger partial charge in [-0.05, 0) is 46.7 Å². The second-order valence-corrected chi connectivity index (χ2v) is 5.25. The van der Waals surface area contributed by atoms with Crippen molar-refractivity contribution >= 4 is 0 Å². The van der Waals surface area contributed by atoms with Crippen LogP contribution in [-0.4, -0.2) is 49.3 Å². The van der Waals surface area contributed by atoms with E-state index in [0.717, 1.165) is 45.7 Å². The molecular weight excluding hydrogens is 238 g/mol. The van der Waals surface area contributed by atoms with Crippen molar-refractivity contribution in [3.8, 4) is 6.07 Å². The minimum atomic E-state index is -0.436. The molecule has 0 spiro atoms. The normalized spacial score (nSPS) is 16.1. The van der Waals surface area contributed by atoms with Gasteiger partial charge in [0.2, 0.25) is 0 Å². The summed E-state index contributed by atoms with van der Waals surface area (Å²) in [5.41, 5.74) is -0.436. The van der Waals surface area contributed by atoms with Crippen molar-refractivity contribution in [1.82, 2.24) is 10.2 Å². The van der Waals surface area contributed by atoms with Crippen molar-refractivity contribution in [3.63, 3.8) is 0 Å². The fraction of sp³-hybridized carbons (Fsp3) is 0.933. The molecule has 0 aromatic heterocycles. The predicted octanol–water partition coefficient (Wildman–Crippen LogP) is 2.41. The molecule has 0 saturated heterocycles. The van der Waals surface area contributed by atoms with Crippen LogP contribution >= 0.6 is 0 Å². The second kappa shape index (κ2) is 10.2. The molecule has 2 atom stereocenters. The fourth-order valence-electron chi connectivity index (χ4n) is 2.29. The minimum Gasteiger partial charge on any atom is -0.380 e. The van der Waals surface area contributed by atoms with Crippen LogP contribution in [0, 0.1) is 11.3 Å². The van der Waals surface area contributed by atoms with E-state index in [1.165, 1.54) is 0 Å². The first-order valence-electron chi connectivity index (χ1n) is 7.51. The highest BCUT2D eigenvalue weighted by molar-refractivity contribution is 5.05. The van der Waals surface area contributed by atoms with Crippen molar-refractivity contribution < 1.29 is 4.74 Å². The number of nitriles is 1. The van der Waals surface area contributed by atoms with E-state index in [9.17, 15) is 5.26 Å². The molecule has 2 unspecified atom stereocenters. The Hall–Kier alpha value is -0.630. The standard InChI is InChI=1S/C15H31N3O/c1-6-9-17-15(5,13-16)12-14(4)18(7-2)10-11-19-8-3/h14,17H,6-12H2,1-5H3. The lowest BCUT2D eigenvalue weighted by Crippen LogP contribution is -2.48. The molecule has 0 aliphatic carbocycles. The minimum absolute atomic E-state index is 0.375. The van der Waals surface area contributed by atoms with Crippen LogP contribution in [0.4, 0.5) is 0 Å². The summed E-state index contributed by atoms with van der Waals surface area (Å²) >= 11 is 0. The zero-order valence-electron chi connectivity index (χ0n) is 13.3. The highest BCUT2D eigenvalue weighted by Gasteiger charge is 2.27. The summed E-state index contributed by atoms with van der Waals surface area (Å²) in [7, 11) is 0. The van der Waals surface area contributed by atoms with Crippen molar-refractivity contribution in [2.45, 2.75) is 59.0 Å². The topological polar surface area (TPSA) is 48.3 Å². The zero-order chi connectivity index (χ0) is 14.7. The monoisotopic (exact) mass is 269 g/mol. The van der Waals surface area contributed by atoms with E-state index in [2.05, 4.69) is 37.1 Å². The van der Waals surface area contributed by atoms with Crippen LogP contribution in [-0.2, 0) is 4.74 Å². The summed E-state index contributed by atoms with van der Waals surface area (Å²) in [6.45, 7) is 14.8. The van der Waals surface area contributed by atoms with E-state index >= 15 is 0 Å². The van der Waals surface area contributed by atoms with Crippen LogP contribution in [0.1, 0.15) is 47.5 Å². The van der Waals surface area contributed by atoms with E-state index in [0.29, 0.717) is 6.04 Å². The van der Waals surface area contributed by atoms with Gasteiger partial charge in [-0.15, -0.1) is 0 Å². The molecule has 0 rings (SSSR count). The van der Waals surface area contributed by atoms with Crippen molar-refractivity contribution in [2.24, 2.45) is 0 Å². The molecule has 0 aromatic rings. The summed E-state index contributed by atoms with van der Waals surface area (Å²) in [6.07, 6.45) is 1.89. The summed E-state index contributed by atoms with van der Waals surface area (Å²) in [5, 5.41) is 12.7. The van der Waals surface area contributed by atoms with Crippen molar-refractivity contribution in [2.75, 3.05) is 32.8 Å². The van der Waals surface area contributed by atoms with Crippen LogP contribution in [0.3, 0.4) is 0 Å². The molecule has 112 valence electrons. The SMILES string of the molecule is CCCNC(C)(C#N)CC(C)N(CC)CCOCC. The van der Waals surface area contributed by atoms with Crippen molar-refractivity contribution in [3.05, 3.63) is 0 Å². The maximum Gasteiger partial charge on any atom is 0.105 e. The van der Waals surface area contributed by atoms with Gasteiger partial charge in [-0.2, -0.15) is 5.26 Å². The van der Waals surface area contributed by atoms with E-state index in [1.54, 1.807) is 0 Å². The molecule has 0 fully saturated rings. The average Bonchev–Trinajstić information content (AvgIpc) is 2.41. The number of hydrogen-bond acceptors (Lipinski definition) is 4. The van der Waals surface area contributed by atoms with E-state index in [4.69, 9.17) is 4.74 Å². The number of ether oxygens (including phenoxy) is 1. The molecule has 0 bridgehead atoms. The molecule has 1 N–H and O–H groups in total. The van der Waals surface area contributed by atoms with Gasteiger partial charge in [0.05, 0.1) is 12.7 Å². The molecule has 0 amide bonds. The van der Waals surface area contributed by atoms with Gasteiger partial charge in [0, 0.05) is 19.2 Å². The van der Waals surface area contributed by atoms with Gasteiger partial charge in [-0.1, -0.05) is 13.8 Å². The maximum absolute atomic E-state index is 9.37. The lowest BCUT2D eigenvalue weighted by Gasteiger charge is -2.33. The van der Waals surface area contributed by atoms with E-state index < -0.39 is 5.54 Å². The third-order valence-corrected chi connectivity index (χ3v) is 3.47. The number of nitrogens with one attached hydrogen (secondary N) is 1. The number of hydrogen-bond donors (Lipinski definition) is 1. The van der Waals surface area contributed by atoms with Crippen LogP contribution in [0.2, 0.25) is 0 Å². The first kappa shape index (κ1) is 18.4. The maximum atomic E-state index is 9.37. The molecule has 0 aromatic carbocycles. The summed E-state index contributed by atoms with van der Waals surface area (Å²) in [4.78, 5) is 2.37. The number of likely N-dealkylation sites (N-methyl/N-ethyl adjacent to an activating group) is 1. The van der Waals surface area contributed by atoms with Crippen LogP contribution in [0.5, 0.6) is 0 Å². The first-order valence-corrected chi connectivity index (χ1v) is 7.51. The largest absolute Gasteiger partial charge is 0.380 e. The molecule has 4 heteroatoms. The Morgan fingerprint density at radius 1 is 1.37 bits per heavy atom. The molecular formula is C15H31N3O. The predicted molar refractivity (Wildman–Crippen MR) is 80.1 cm³/mol. The number of nitrogens with zero attached hydrogens (tertiary/aromatic N) is 2. The molecule has 0 radical (unpaired) electrons. The Bertz CT molecular complexity index is 265. The molecule has 0 aliphatic rings. The Kier molecular flexibility index (Phi) is 9.85. The summed E-state index contributed by atoms with van der Waals surface area (Å²) in [5.74, 6) is 0. The third-order valence-electron chi connectivity index (χ3n) is 3.47. The van der Waals surface area contributed by atoms with Gasteiger partial charge in [-0.3, -0.25) is 10.2 Å². The lowest BCUT2D eigenvalue weighted by atomic mass is 9.94. The van der Waals surface area contributed by atoms with E-state index in [-0.39, 0.29) is 0 Å². The highest BCUT2D eigenvalue weighted by Crippen LogP contribution is 2.15. The van der Waals surface area contributed by atoms with Crippen LogP contribution in [0.25, 0.3) is 0 Å². The van der Waals surface area contributed by atoms with Crippen LogP contribution in [0.15, 0.2) is 0 Å². The highest BCUT2D eigenvalue weighted by atomic mass is 16.5. The Morgan fingerprint density at radius 2 is 2.05 bits per heavy atom. The van der Waals surface area contributed by atoms with Gasteiger partial charge in [0.25, 0.3) is 0 Å². The van der Waals surface area contributed by atoms with Gasteiger partial charge in [-0.25, -0.2) is 0 Å². The molecule has 0 heterocycles.